The van der Waals surface area contributed by atoms with Gasteiger partial charge < -0.3 is 10.6 Å². The van der Waals surface area contributed by atoms with E-state index in [4.69, 9.17) is 5.73 Å². The molecule has 1 aliphatic carbocycles. The van der Waals surface area contributed by atoms with Crippen molar-refractivity contribution in [2.45, 2.75) is 63.8 Å². The third-order valence-electron chi connectivity index (χ3n) is 6.11. The second kappa shape index (κ2) is 8.50. The fourth-order valence-electron chi connectivity index (χ4n) is 4.53. The maximum Gasteiger partial charge on any atom is 0.223 e. The Kier molecular flexibility index (Phi) is 6.86. The van der Waals surface area contributed by atoms with Gasteiger partial charge in [0.2, 0.25) is 5.91 Å². The summed E-state index contributed by atoms with van der Waals surface area (Å²) < 4.78 is 13.1. The summed E-state index contributed by atoms with van der Waals surface area (Å²) in [4.78, 5) is 15.0. The van der Waals surface area contributed by atoms with Crippen molar-refractivity contribution in [3.05, 3.63) is 35.6 Å². The topological polar surface area (TPSA) is 46.3 Å². The highest BCUT2D eigenvalue weighted by molar-refractivity contribution is 5.85. The minimum atomic E-state index is -0.208. The van der Waals surface area contributed by atoms with Crippen LogP contribution in [0.2, 0.25) is 0 Å². The molecule has 140 valence electrons. The van der Waals surface area contributed by atoms with Crippen molar-refractivity contribution in [1.29, 1.82) is 0 Å². The lowest BCUT2D eigenvalue weighted by atomic mass is 9.71. The van der Waals surface area contributed by atoms with Gasteiger partial charge in [0.15, 0.2) is 0 Å². The summed E-state index contributed by atoms with van der Waals surface area (Å²) in [5, 5.41) is 0. The van der Waals surface area contributed by atoms with Crippen LogP contribution in [0.4, 0.5) is 4.39 Å². The Hall–Kier alpha value is -1.13. The SMILES string of the molecule is CC1CC(c2ccc(F)cc2)CN1C(=O)CC1(CN)CCCCC1.Cl. The van der Waals surface area contributed by atoms with Gasteiger partial charge in [0, 0.05) is 24.9 Å². The largest absolute Gasteiger partial charge is 0.339 e. The molecule has 0 radical (unpaired) electrons. The molecule has 0 spiro atoms. The second-order valence-electron chi connectivity index (χ2n) is 7.82. The van der Waals surface area contributed by atoms with Gasteiger partial charge in [0.05, 0.1) is 0 Å². The zero-order chi connectivity index (χ0) is 17.2. The van der Waals surface area contributed by atoms with Crippen LogP contribution in [0.25, 0.3) is 0 Å². The van der Waals surface area contributed by atoms with Gasteiger partial charge in [0.25, 0.3) is 0 Å². The molecule has 25 heavy (non-hydrogen) atoms. The van der Waals surface area contributed by atoms with Crippen LogP contribution in [0.1, 0.15) is 63.4 Å². The summed E-state index contributed by atoms with van der Waals surface area (Å²) in [6.45, 7) is 3.48. The maximum absolute atomic E-state index is 13.1. The zero-order valence-corrected chi connectivity index (χ0v) is 15.9. The Morgan fingerprint density at radius 2 is 1.88 bits per heavy atom. The van der Waals surface area contributed by atoms with E-state index in [2.05, 4.69) is 6.92 Å². The number of nitrogens with zero attached hydrogens (tertiary/aromatic N) is 1. The number of likely N-dealkylation sites (tertiary alicyclic amines) is 1. The molecule has 1 aliphatic heterocycles. The van der Waals surface area contributed by atoms with Crippen molar-refractivity contribution >= 4 is 18.3 Å². The van der Waals surface area contributed by atoms with Crippen molar-refractivity contribution in [3.63, 3.8) is 0 Å². The highest BCUT2D eigenvalue weighted by Crippen LogP contribution is 2.40. The van der Waals surface area contributed by atoms with Gasteiger partial charge in [-0.15, -0.1) is 12.4 Å². The third-order valence-corrected chi connectivity index (χ3v) is 6.11. The molecular weight excluding hydrogens is 339 g/mol. The van der Waals surface area contributed by atoms with E-state index in [0.29, 0.717) is 18.9 Å². The molecule has 1 aromatic carbocycles. The molecule has 1 saturated heterocycles. The smallest absolute Gasteiger partial charge is 0.223 e. The molecule has 1 heterocycles. The number of amides is 1. The Morgan fingerprint density at radius 3 is 2.48 bits per heavy atom. The molecule has 3 rings (SSSR count). The summed E-state index contributed by atoms with van der Waals surface area (Å²) in [6.07, 6.45) is 7.36. The van der Waals surface area contributed by atoms with E-state index in [0.717, 1.165) is 31.4 Å². The van der Waals surface area contributed by atoms with E-state index in [1.807, 2.05) is 17.0 Å². The molecule has 2 N–H and O–H groups in total. The lowest BCUT2D eigenvalue weighted by molar-refractivity contribution is -0.134. The molecule has 2 aliphatic rings. The summed E-state index contributed by atoms with van der Waals surface area (Å²) in [5.41, 5.74) is 7.19. The molecule has 0 aromatic heterocycles. The van der Waals surface area contributed by atoms with Gasteiger partial charge in [-0.25, -0.2) is 4.39 Å². The summed E-state index contributed by atoms with van der Waals surface area (Å²) >= 11 is 0. The first-order chi connectivity index (χ1) is 11.5. The predicted octanol–water partition coefficient (Wildman–Crippen LogP) is 4.25. The van der Waals surface area contributed by atoms with Crippen molar-refractivity contribution in [3.8, 4) is 0 Å². The average Bonchev–Trinajstić information content (AvgIpc) is 2.98. The number of benzene rings is 1. The molecule has 1 amide bonds. The van der Waals surface area contributed by atoms with Crippen molar-refractivity contribution in [2.24, 2.45) is 11.1 Å². The van der Waals surface area contributed by atoms with Crippen LogP contribution >= 0.6 is 12.4 Å². The average molecular weight is 369 g/mol. The fourth-order valence-corrected chi connectivity index (χ4v) is 4.53. The zero-order valence-electron chi connectivity index (χ0n) is 15.0. The van der Waals surface area contributed by atoms with Gasteiger partial charge in [-0.05, 0) is 55.8 Å². The number of carbonyl (C=O) groups is 1. The first-order valence-corrected chi connectivity index (χ1v) is 9.28. The van der Waals surface area contributed by atoms with Crippen LogP contribution in [0.15, 0.2) is 24.3 Å². The molecule has 3 nitrogen and oxygen atoms in total. The van der Waals surface area contributed by atoms with Crippen molar-refractivity contribution in [2.75, 3.05) is 13.1 Å². The molecule has 2 fully saturated rings. The predicted molar refractivity (Wildman–Crippen MR) is 101 cm³/mol. The minimum absolute atomic E-state index is 0. The number of hydrogen-bond donors (Lipinski definition) is 1. The summed E-state index contributed by atoms with van der Waals surface area (Å²) in [7, 11) is 0. The van der Waals surface area contributed by atoms with Crippen LogP contribution in [0, 0.1) is 11.2 Å². The van der Waals surface area contributed by atoms with Crippen molar-refractivity contribution < 1.29 is 9.18 Å². The normalized spacial score (nSPS) is 25.5. The number of hydrogen-bond acceptors (Lipinski definition) is 2. The van der Waals surface area contributed by atoms with Crippen LogP contribution in [0.5, 0.6) is 0 Å². The first kappa shape index (κ1) is 20.2. The van der Waals surface area contributed by atoms with E-state index in [-0.39, 0.29) is 35.6 Å². The highest BCUT2D eigenvalue weighted by atomic mass is 35.5. The monoisotopic (exact) mass is 368 g/mol. The van der Waals surface area contributed by atoms with Crippen LogP contribution in [-0.4, -0.2) is 29.9 Å². The quantitative estimate of drug-likeness (QED) is 0.863. The van der Waals surface area contributed by atoms with E-state index >= 15 is 0 Å². The Bertz CT molecular complexity index is 572. The Balaban J connectivity index is 0.00000225. The van der Waals surface area contributed by atoms with Crippen LogP contribution < -0.4 is 5.73 Å². The van der Waals surface area contributed by atoms with Gasteiger partial charge in [0.1, 0.15) is 5.82 Å². The van der Waals surface area contributed by atoms with Crippen molar-refractivity contribution in [1.82, 2.24) is 4.90 Å². The first-order valence-electron chi connectivity index (χ1n) is 9.28. The molecule has 1 aromatic rings. The molecule has 1 saturated carbocycles. The minimum Gasteiger partial charge on any atom is -0.339 e. The number of carbonyl (C=O) groups excluding carboxylic acids is 1. The molecule has 5 heteroatoms. The van der Waals surface area contributed by atoms with Gasteiger partial charge in [-0.3, -0.25) is 4.79 Å². The van der Waals surface area contributed by atoms with E-state index in [1.165, 1.54) is 31.4 Å². The molecule has 2 atom stereocenters. The summed E-state index contributed by atoms with van der Waals surface area (Å²) in [5.74, 6) is 0.351. The fraction of sp³-hybridized carbons (Fsp3) is 0.650. The van der Waals surface area contributed by atoms with Gasteiger partial charge >= 0.3 is 0 Å². The van der Waals surface area contributed by atoms with Crippen LogP contribution in [-0.2, 0) is 4.79 Å². The van der Waals surface area contributed by atoms with E-state index < -0.39 is 0 Å². The second-order valence-corrected chi connectivity index (χ2v) is 7.82. The van der Waals surface area contributed by atoms with Gasteiger partial charge in [-0.2, -0.15) is 0 Å². The van der Waals surface area contributed by atoms with Crippen LogP contribution in [0.3, 0.4) is 0 Å². The molecule has 0 bridgehead atoms. The number of nitrogens with two attached hydrogens (primary N) is 1. The molecular formula is C20H30ClFN2O. The standard InChI is InChI=1S/C20H29FN2O.ClH/c1-15-11-17(16-5-7-18(21)8-6-16)13-23(15)19(24)12-20(14-22)9-3-2-4-10-20;/h5-8,15,17H,2-4,9-14,22H2,1H3;1H. The summed E-state index contributed by atoms with van der Waals surface area (Å²) in [6, 6.07) is 6.96. The lowest BCUT2D eigenvalue weighted by Crippen LogP contribution is -2.41. The highest BCUT2D eigenvalue weighted by Gasteiger charge is 2.38. The Morgan fingerprint density at radius 1 is 1.24 bits per heavy atom. The van der Waals surface area contributed by atoms with Gasteiger partial charge in [-0.1, -0.05) is 31.4 Å². The molecule has 2 unspecified atom stereocenters. The lowest BCUT2D eigenvalue weighted by Gasteiger charge is -2.37. The maximum atomic E-state index is 13.1. The third kappa shape index (κ3) is 4.53. The Labute approximate surface area is 156 Å². The number of rotatable bonds is 4. The number of halogens is 2. The van der Waals surface area contributed by atoms with E-state index in [9.17, 15) is 9.18 Å². The van der Waals surface area contributed by atoms with E-state index in [1.54, 1.807) is 0 Å².